The summed E-state index contributed by atoms with van der Waals surface area (Å²) in [6, 6.07) is 16.0. The van der Waals surface area contributed by atoms with Crippen LogP contribution in [0.4, 0.5) is 5.69 Å². The Hall–Kier alpha value is -3.17. The fourth-order valence-electron chi connectivity index (χ4n) is 2.20. The normalized spacial score (nSPS) is 11.1. The van der Waals surface area contributed by atoms with Crippen molar-refractivity contribution in [2.45, 2.75) is 4.90 Å². The highest BCUT2D eigenvalue weighted by atomic mass is 32.2. The predicted molar refractivity (Wildman–Crippen MR) is 90.5 cm³/mol. The van der Waals surface area contributed by atoms with E-state index in [1.165, 1.54) is 23.7 Å². The largest absolute Gasteiger partial charge is 0.292 e. The molecule has 0 spiro atoms. The van der Waals surface area contributed by atoms with Crippen LogP contribution in [-0.2, 0) is 10.0 Å². The Balaban J connectivity index is 1.87. The molecule has 9 heteroatoms. The van der Waals surface area contributed by atoms with Crippen LogP contribution in [0.2, 0.25) is 0 Å². The van der Waals surface area contributed by atoms with E-state index in [-0.39, 0.29) is 10.6 Å². The van der Waals surface area contributed by atoms with Crippen molar-refractivity contribution in [3.05, 3.63) is 66.4 Å². The molecule has 0 radical (unpaired) electrons. The van der Waals surface area contributed by atoms with Crippen LogP contribution in [0, 0.1) is 0 Å². The van der Waals surface area contributed by atoms with Gasteiger partial charge in [-0.1, -0.05) is 30.3 Å². The van der Waals surface area contributed by atoms with Crippen LogP contribution >= 0.6 is 0 Å². The number of carbonyl (C=O) groups is 1. The summed E-state index contributed by atoms with van der Waals surface area (Å²) >= 11 is 0. The summed E-state index contributed by atoms with van der Waals surface area (Å²) in [4.78, 5) is 11.5. The molecule has 0 saturated carbocycles. The smallest absolute Gasteiger partial charge is 0.288 e. The summed E-state index contributed by atoms with van der Waals surface area (Å²) in [5.41, 5.74) is 2.97. The van der Waals surface area contributed by atoms with Gasteiger partial charge >= 0.3 is 0 Å². The summed E-state index contributed by atoms with van der Waals surface area (Å²) in [6.45, 7) is 0. The molecule has 0 bridgehead atoms. The van der Waals surface area contributed by atoms with Crippen LogP contribution in [0.3, 0.4) is 0 Å². The zero-order valence-corrected chi connectivity index (χ0v) is 13.6. The molecule has 128 valence electrons. The molecule has 0 unspecified atom stereocenters. The molecule has 25 heavy (non-hydrogen) atoms. The van der Waals surface area contributed by atoms with Gasteiger partial charge in [0.25, 0.3) is 15.9 Å². The average molecular weight is 358 g/mol. The van der Waals surface area contributed by atoms with Crippen molar-refractivity contribution in [3.8, 4) is 11.3 Å². The molecule has 0 atom stereocenters. The summed E-state index contributed by atoms with van der Waals surface area (Å²) in [6.07, 6.45) is 0. The SMILES string of the molecule is O=C(NO)c1cc(-c2cccc(NS(=O)(=O)c3ccccc3)c2)n[nH]1. The molecule has 3 aromatic rings. The second kappa shape index (κ2) is 6.75. The third-order valence-electron chi connectivity index (χ3n) is 3.39. The van der Waals surface area contributed by atoms with E-state index in [2.05, 4.69) is 14.9 Å². The van der Waals surface area contributed by atoms with Crippen molar-refractivity contribution in [1.82, 2.24) is 15.7 Å². The van der Waals surface area contributed by atoms with Gasteiger partial charge in [-0.05, 0) is 30.3 Å². The molecule has 0 aliphatic rings. The van der Waals surface area contributed by atoms with E-state index in [1.54, 1.807) is 42.5 Å². The van der Waals surface area contributed by atoms with Crippen molar-refractivity contribution in [1.29, 1.82) is 0 Å². The maximum absolute atomic E-state index is 12.4. The lowest BCUT2D eigenvalue weighted by Crippen LogP contribution is -2.18. The average Bonchev–Trinajstić information content (AvgIpc) is 3.12. The highest BCUT2D eigenvalue weighted by Gasteiger charge is 2.15. The van der Waals surface area contributed by atoms with Gasteiger partial charge in [0.2, 0.25) is 0 Å². The lowest BCUT2D eigenvalue weighted by atomic mass is 10.1. The fourth-order valence-corrected chi connectivity index (χ4v) is 3.27. The summed E-state index contributed by atoms with van der Waals surface area (Å²) < 4.78 is 27.2. The van der Waals surface area contributed by atoms with E-state index in [9.17, 15) is 13.2 Å². The number of aromatic amines is 1. The first-order valence-electron chi connectivity index (χ1n) is 7.18. The molecule has 0 fully saturated rings. The number of benzene rings is 2. The molecular formula is C16H14N4O4S. The van der Waals surface area contributed by atoms with Crippen molar-refractivity contribution < 1.29 is 18.4 Å². The summed E-state index contributed by atoms with van der Waals surface area (Å²) in [7, 11) is -3.70. The van der Waals surface area contributed by atoms with Crippen LogP contribution in [0.1, 0.15) is 10.5 Å². The van der Waals surface area contributed by atoms with Gasteiger partial charge in [-0.25, -0.2) is 13.9 Å². The van der Waals surface area contributed by atoms with Crippen molar-refractivity contribution in [3.63, 3.8) is 0 Å². The molecule has 1 aromatic heterocycles. The Bertz CT molecular complexity index is 1000. The molecule has 4 N–H and O–H groups in total. The lowest BCUT2D eigenvalue weighted by Gasteiger charge is -2.08. The molecule has 1 heterocycles. The highest BCUT2D eigenvalue weighted by Crippen LogP contribution is 2.23. The second-order valence-corrected chi connectivity index (χ2v) is 6.79. The number of sulfonamides is 1. The van der Waals surface area contributed by atoms with Crippen molar-refractivity contribution in [2.75, 3.05) is 4.72 Å². The minimum Gasteiger partial charge on any atom is -0.288 e. The Kier molecular flexibility index (Phi) is 4.50. The van der Waals surface area contributed by atoms with Gasteiger partial charge in [-0.3, -0.25) is 19.8 Å². The van der Waals surface area contributed by atoms with E-state index >= 15 is 0 Å². The van der Waals surface area contributed by atoms with Crippen molar-refractivity contribution in [2.24, 2.45) is 0 Å². The quantitative estimate of drug-likeness (QED) is 0.410. The van der Waals surface area contributed by atoms with E-state index in [1.807, 2.05) is 0 Å². The Morgan fingerprint density at radius 2 is 1.80 bits per heavy atom. The zero-order chi connectivity index (χ0) is 17.9. The number of hydrogen-bond donors (Lipinski definition) is 4. The van der Waals surface area contributed by atoms with E-state index in [0.29, 0.717) is 16.9 Å². The standard InChI is InChI=1S/C16H14N4O4S/c21-16(19-22)15-10-14(17-18-15)11-5-4-6-12(9-11)20-25(23,24)13-7-2-1-3-8-13/h1-10,20,22H,(H,17,18)(H,19,21). The van der Waals surface area contributed by atoms with Gasteiger partial charge in [0.1, 0.15) is 5.69 Å². The number of aromatic nitrogens is 2. The number of hydrogen-bond acceptors (Lipinski definition) is 5. The predicted octanol–water partition coefficient (Wildman–Crippen LogP) is 2.00. The van der Waals surface area contributed by atoms with Gasteiger partial charge in [0.15, 0.2) is 0 Å². The Labute approximate surface area is 143 Å². The first kappa shape index (κ1) is 16.7. The topological polar surface area (TPSA) is 124 Å². The molecule has 0 saturated heterocycles. The molecule has 2 aromatic carbocycles. The molecule has 0 aliphatic carbocycles. The Morgan fingerprint density at radius 1 is 1.04 bits per heavy atom. The van der Waals surface area contributed by atoms with Crippen molar-refractivity contribution >= 4 is 21.6 Å². The van der Waals surface area contributed by atoms with Crippen LogP contribution in [0.15, 0.2) is 65.6 Å². The van der Waals surface area contributed by atoms with Crippen LogP contribution < -0.4 is 10.2 Å². The minimum atomic E-state index is -3.70. The molecule has 1 amide bonds. The van der Waals surface area contributed by atoms with Gasteiger partial charge in [0, 0.05) is 11.3 Å². The third kappa shape index (κ3) is 3.67. The number of nitrogens with zero attached hydrogens (tertiary/aromatic N) is 1. The third-order valence-corrected chi connectivity index (χ3v) is 4.79. The number of rotatable bonds is 5. The maximum Gasteiger partial charge on any atom is 0.292 e. The molecule has 3 rings (SSSR count). The molecule has 0 aliphatic heterocycles. The second-order valence-electron chi connectivity index (χ2n) is 5.11. The number of carbonyl (C=O) groups excluding carboxylic acids is 1. The fraction of sp³-hybridized carbons (Fsp3) is 0. The van der Waals surface area contributed by atoms with Crippen LogP contribution in [0.5, 0.6) is 0 Å². The van der Waals surface area contributed by atoms with E-state index in [4.69, 9.17) is 5.21 Å². The van der Waals surface area contributed by atoms with Gasteiger partial charge in [-0.2, -0.15) is 5.10 Å². The maximum atomic E-state index is 12.4. The number of nitrogens with one attached hydrogen (secondary N) is 3. The zero-order valence-electron chi connectivity index (χ0n) is 12.8. The van der Waals surface area contributed by atoms with Crippen LogP contribution in [-0.4, -0.2) is 29.7 Å². The highest BCUT2D eigenvalue weighted by molar-refractivity contribution is 7.92. The molecule has 8 nitrogen and oxygen atoms in total. The van der Waals surface area contributed by atoms with Crippen LogP contribution in [0.25, 0.3) is 11.3 Å². The van der Waals surface area contributed by atoms with Gasteiger partial charge in [-0.15, -0.1) is 0 Å². The number of anilines is 1. The number of H-pyrrole nitrogens is 1. The van der Waals surface area contributed by atoms with Gasteiger partial charge < -0.3 is 0 Å². The monoisotopic (exact) mass is 358 g/mol. The first-order valence-corrected chi connectivity index (χ1v) is 8.66. The minimum absolute atomic E-state index is 0.0766. The van der Waals surface area contributed by atoms with Gasteiger partial charge in [0.05, 0.1) is 10.6 Å². The number of hydroxylamine groups is 1. The lowest BCUT2D eigenvalue weighted by molar-refractivity contribution is 0.0700. The Morgan fingerprint density at radius 3 is 2.52 bits per heavy atom. The number of amides is 1. The molecular weight excluding hydrogens is 344 g/mol. The first-order chi connectivity index (χ1) is 12.0. The van der Waals surface area contributed by atoms with E-state index in [0.717, 1.165) is 0 Å². The van der Waals surface area contributed by atoms with E-state index < -0.39 is 15.9 Å². The summed E-state index contributed by atoms with van der Waals surface area (Å²) in [5.74, 6) is -0.723. The summed E-state index contributed by atoms with van der Waals surface area (Å²) in [5, 5.41) is 15.1.